The van der Waals surface area contributed by atoms with Gasteiger partial charge < -0.3 is 20.1 Å². The Morgan fingerprint density at radius 3 is 2.34 bits per heavy atom. The molecule has 2 heterocycles. The Balaban J connectivity index is 1.88. The minimum absolute atomic E-state index is 0.157. The molecule has 1 unspecified atom stereocenters. The van der Waals surface area contributed by atoms with Crippen molar-refractivity contribution in [2.24, 2.45) is 5.92 Å². The van der Waals surface area contributed by atoms with Gasteiger partial charge in [0.2, 0.25) is 5.91 Å². The van der Waals surface area contributed by atoms with Gasteiger partial charge in [-0.2, -0.15) is 0 Å². The highest BCUT2D eigenvalue weighted by Crippen LogP contribution is 2.39. The molecule has 1 aliphatic carbocycles. The maximum atomic E-state index is 14.1. The number of hydrogen-bond donors (Lipinski definition) is 2. The standard InChI is InChI=1S/C22H35F2N3O5/c1-13-15-10-22(23,24)12-26(15)11-16(19(29)30)27(13)18(28)17(14-8-6-5-7-9-14)25-20(31)32-21(2,3)4/h13-17H,5-12H2,1-4H3,(H,25,31)(H,29,30)/t13?,15-,16+,17+/m1/s1. The maximum Gasteiger partial charge on any atom is 0.408 e. The first kappa shape index (κ1) is 24.7. The van der Waals surface area contributed by atoms with Crippen LogP contribution in [0, 0.1) is 5.92 Å². The Bertz CT molecular complexity index is 736. The molecule has 3 aliphatic rings. The first-order valence-corrected chi connectivity index (χ1v) is 11.5. The molecule has 4 atom stereocenters. The van der Waals surface area contributed by atoms with E-state index in [1.54, 1.807) is 27.7 Å². The lowest BCUT2D eigenvalue weighted by molar-refractivity contribution is -0.160. The van der Waals surface area contributed by atoms with Gasteiger partial charge >= 0.3 is 12.1 Å². The largest absolute Gasteiger partial charge is 0.480 e. The summed E-state index contributed by atoms with van der Waals surface area (Å²) in [6.07, 6.45) is 3.13. The summed E-state index contributed by atoms with van der Waals surface area (Å²) in [6, 6.07) is -3.56. The summed E-state index contributed by atoms with van der Waals surface area (Å²) in [6.45, 7) is 6.10. The Labute approximate surface area is 187 Å². The number of halogens is 2. The first-order valence-electron chi connectivity index (χ1n) is 11.5. The molecule has 3 fully saturated rings. The number of alkyl carbamates (subject to hydrolysis) is 1. The molecule has 2 N–H and O–H groups in total. The van der Waals surface area contributed by atoms with E-state index in [-0.39, 0.29) is 12.5 Å². The lowest BCUT2D eigenvalue weighted by Gasteiger charge is -2.48. The second kappa shape index (κ2) is 9.11. The molecular weight excluding hydrogens is 424 g/mol. The Morgan fingerprint density at radius 1 is 1.16 bits per heavy atom. The highest BCUT2D eigenvalue weighted by molar-refractivity contribution is 5.90. The number of carbonyl (C=O) groups is 3. The van der Waals surface area contributed by atoms with Gasteiger partial charge in [-0.15, -0.1) is 0 Å². The number of carboxylic acids is 1. The number of ether oxygens (including phenoxy) is 1. The summed E-state index contributed by atoms with van der Waals surface area (Å²) in [4.78, 5) is 41.0. The Hall–Kier alpha value is -1.97. The molecule has 32 heavy (non-hydrogen) atoms. The summed E-state index contributed by atoms with van der Waals surface area (Å²) in [5, 5.41) is 12.5. The van der Waals surface area contributed by atoms with Crippen molar-refractivity contribution in [3.63, 3.8) is 0 Å². The van der Waals surface area contributed by atoms with Crippen LogP contribution in [0.25, 0.3) is 0 Å². The summed E-state index contributed by atoms with van der Waals surface area (Å²) in [7, 11) is 0. The molecule has 0 spiro atoms. The third kappa shape index (κ3) is 5.50. The van der Waals surface area contributed by atoms with Crippen LogP contribution in [0.2, 0.25) is 0 Å². The van der Waals surface area contributed by atoms with Crippen LogP contribution in [0.5, 0.6) is 0 Å². The summed E-state index contributed by atoms with van der Waals surface area (Å²) in [5.74, 6) is -4.84. The minimum atomic E-state index is -2.92. The van der Waals surface area contributed by atoms with Gasteiger partial charge in [-0.05, 0) is 46.5 Å². The van der Waals surface area contributed by atoms with E-state index >= 15 is 0 Å². The molecule has 3 rings (SSSR count). The average Bonchev–Trinajstić information content (AvgIpc) is 2.99. The van der Waals surface area contributed by atoms with Gasteiger partial charge in [0.15, 0.2) is 0 Å². The zero-order valence-electron chi connectivity index (χ0n) is 19.3. The van der Waals surface area contributed by atoms with E-state index in [0.29, 0.717) is 0 Å². The smallest absolute Gasteiger partial charge is 0.408 e. The first-order chi connectivity index (χ1) is 14.8. The molecule has 2 amide bonds. The van der Waals surface area contributed by atoms with Crippen LogP contribution in [0.4, 0.5) is 13.6 Å². The van der Waals surface area contributed by atoms with Gasteiger partial charge in [0.25, 0.3) is 5.92 Å². The molecular formula is C22H35F2N3O5. The Kier molecular flexibility index (Phi) is 7.02. The average molecular weight is 460 g/mol. The van der Waals surface area contributed by atoms with Gasteiger partial charge in [-0.25, -0.2) is 18.4 Å². The Morgan fingerprint density at radius 2 is 1.78 bits per heavy atom. The van der Waals surface area contributed by atoms with E-state index in [9.17, 15) is 28.3 Å². The van der Waals surface area contributed by atoms with Crippen LogP contribution in [-0.2, 0) is 14.3 Å². The van der Waals surface area contributed by atoms with Crippen molar-refractivity contribution in [3.8, 4) is 0 Å². The van der Waals surface area contributed by atoms with E-state index in [0.717, 1.165) is 32.1 Å². The maximum absolute atomic E-state index is 14.1. The SMILES string of the molecule is CC1[C@H]2CC(F)(F)CN2C[C@@H](C(=O)O)N1C(=O)[C@@H](NC(=O)OC(C)(C)C)C1CCCCC1. The molecule has 2 saturated heterocycles. The molecule has 0 aromatic rings. The lowest BCUT2D eigenvalue weighted by Crippen LogP contribution is -2.68. The molecule has 1 saturated carbocycles. The van der Waals surface area contributed by atoms with Crippen molar-refractivity contribution in [3.05, 3.63) is 0 Å². The highest BCUT2D eigenvalue weighted by Gasteiger charge is 2.55. The quantitative estimate of drug-likeness (QED) is 0.671. The zero-order valence-corrected chi connectivity index (χ0v) is 19.3. The second-order valence-electron chi connectivity index (χ2n) is 10.4. The monoisotopic (exact) mass is 459 g/mol. The van der Waals surface area contributed by atoms with E-state index in [1.165, 1.54) is 9.80 Å². The number of piperazine rings is 1. The fourth-order valence-corrected chi connectivity index (χ4v) is 5.36. The number of carboxylic acid groups (broad SMARTS) is 1. The zero-order chi connectivity index (χ0) is 23.8. The van der Waals surface area contributed by atoms with Crippen molar-refractivity contribution in [1.82, 2.24) is 15.1 Å². The number of amides is 2. The van der Waals surface area contributed by atoms with Crippen LogP contribution in [0.15, 0.2) is 0 Å². The van der Waals surface area contributed by atoms with E-state index in [4.69, 9.17) is 4.74 Å². The molecule has 10 heteroatoms. The van der Waals surface area contributed by atoms with Crippen molar-refractivity contribution >= 4 is 18.0 Å². The molecule has 8 nitrogen and oxygen atoms in total. The predicted octanol–water partition coefficient (Wildman–Crippen LogP) is 2.85. The summed E-state index contributed by atoms with van der Waals surface area (Å²) in [5.41, 5.74) is -0.762. The molecule has 0 bridgehead atoms. The molecule has 0 aromatic heterocycles. The number of rotatable bonds is 4. The normalized spacial score (nSPS) is 29.8. The van der Waals surface area contributed by atoms with Gasteiger partial charge in [-0.1, -0.05) is 19.3 Å². The highest BCUT2D eigenvalue weighted by atomic mass is 19.3. The van der Waals surface area contributed by atoms with E-state index in [2.05, 4.69) is 5.32 Å². The predicted molar refractivity (Wildman–Crippen MR) is 112 cm³/mol. The van der Waals surface area contributed by atoms with Crippen molar-refractivity contribution < 1.29 is 33.0 Å². The van der Waals surface area contributed by atoms with Gasteiger partial charge in [0.1, 0.15) is 17.7 Å². The minimum Gasteiger partial charge on any atom is -0.480 e. The van der Waals surface area contributed by atoms with Crippen LogP contribution < -0.4 is 5.32 Å². The fraction of sp³-hybridized carbons (Fsp3) is 0.864. The van der Waals surface area contributed by atoms with Gasteiger partial charge in [-0.3, -0.25) is 9.69 Å². The third-order valence-corrected chi connectivity index (χ3v) is 6.75. The topological polar surface area (TPSA) is 99.2 Å². The van der Waals surface area contributed by atoms with Crippen LogP contribution in [0.3, 0.4) is 0 Å². The number of nitrogens with one attached hydrogen (secondary N) is 1. The van der Waals surface area contributed by atoms with Gasteiger partial charge in [0, 0.05) is 25.0 Å². The number of hydrogen-bond acceptors (Lipinski definition) is 5. The fourth-order valence-electron chi connectivity index (χ4n) is 5.36. The number of alkyl halides is 2. The molecule has 0 aromatic carbocycles. The van der Waals surface area contributed by atoms with E-state index in [1.807, 2.05) is 0 Å². The number of fused-ring (bicyclic) bond motifs is 1. The van der Waals surface area contributed by atoms with Crippen molar-refractivity contribution in [1.29, 1.82) is 0 Å². The van der Waals surface area contributed by atoms with Crippen molar-refractivity contribution in [2.75, 3.05) is 13.1 Å². The number of carbonyl (C=O) groups excluding carboxylic acids is 2. The molecule has 182 valence electrons. The lowest BCUT2D eigenvalue weighted by atomic mass is 9.82. The molecule has 2 aliphatic heterocycles. The van der Waals surface area contributed by atoms with Crippen LogP contribution in [0.1, 0.15) is 66.2 Å². The second-order valence-corrected chi connectivity index (χ2v) is 10.4. The third-order valence-electron chi connectivity index (χ3n) is 6.75. The van der Waals surface area contributed by atoms with E-state index < -0.39 is 66.6 Å². The van der Waals surface area contributed by atoms with Crippen LogP contribution in [-0.4, -0.2) is 81.7 Å². The van der Waals surface area contributed by atoms with Crippen LogP contribution >= 0.6 is 0 Å². The molecule has 0 radical (unpaired) electrons. The number of nitrogens with zero attached hydrogens (tertiary/aromatic N) is 2. The summed E-state index contributed by atoms with van der Waals surface area (Å²) >= 11 is 0. The van der Waals surface area contributed by atoms with Gasteiger partial charge in [0.05, 0.1) is 6.54 Å². The van der Waals surface area contributed by atoms with Crippen molar-refractivity contribution in [2.45, 2.75) is 102 Å². The number of aliphatic carboxylic acids is 1. The summed E-state index contributed by atoms with van der Waals surface area (Å²) < 4.78 is 33.5.